The van der Waals surface area contributed by atoms with Crippen molar-refractivity contribution in [1.29, 1.82) is 5.26 Å². The standard InChI is InChI=1S/C36H25I2N3O4S/c1-2-44-35(43)30-31(25-9-5-3-6-10-25)40-36-41(32(30)26-11-7-4-8-12-26)34(42)29(46-36)19-24-17-27(37)33(28(38)18-24)45-21-23-15-13-22(20-39)14-16-23/h3-19,32H,2,21H2,1H3/b29-19-/t32-/m1/s1. The van der Waals surface area contributed by atoms with Gasteiger partial charge in [-0.15, -0.1) is 0 Å². The molecular formula is C36H25I2N3O4S. The number of hydrogen-bond donors (Lipinski definition) is 0. The van der Waals surface area contributed by atoms with Gasteiger partial charge in [0, 0.05) is 5.56 Å². The second-order valence-electron chi connectivity index (χ2n) is 10.3. The number of ether oxygens (including phenoxy) is 2. The van der Waals surface area contributed by atoms with E-state index in [2.05, 4.69) is 51.3 Å². The smallest absolute Gasteiger partial charge is 0.338 e. The minimum atomic E-state index is -0.716. The van der Waals surface area contributed by atoms with Crippen molar-refractivity contribution in [1.82, 2.24) is 4.57 Å². The highest BCUT2D eigenvalue weighted by atomic mass is 127. The summed E-state index contributed by atoms with van der Waals surface area (Å²) in [6, 6.07) is 31.7. The topological polar surface area (TPSA) is 93.7 Å². The van der Waals surface area contributed by atoms with Crippen LogP contribution in [-0.2, 0) is 16.1 Å². The molecule has 0 bridgehead atoms. The monoisotopic (exact) mass is 849 g/mol. The number of nitriles is 1. The first-order valence-corrected chi connectivity index (χ1v) is 17.3. The van der Waals surface area contributed by atoms with E-state index in [0.717, 1.165) is 35.1 Å². The maximum Gasteiger partial charge on any atom is 0.338 e. The van der Waals surface area contributed by atoms with Gasteiger partial charge in [0.1, 0.15) is 12.4 Å². The molecule has 0 aliphatic carbocycles. The first-order valence-electron chi connectivity index (χ1n) is 14.3. The summed E-state index contributed by atoms with van der Waals surface area (Å²) in [6.45, 7) is 2.32. The zero-order valence-corrected chi connectivity index (χ0v) is 29.6. The Morgan fingerprint density at radius 1 is 1.00 bits per heavy atom. The summed E-state index contributed by atoms with van der Waals surface area (Å²) < 4.78 is 15.6. The molecule has 1 aromatic heterocycles. The number of nitrogens with zero attached hydrogens (tertiary/aromatic N) is 3. The van der Waals surface area contributed by atoms with Crippen LogP contribution in [-0.4, -0.2) is 17.1 Å². The Kier molecular flexibility index (Phi) is 9.81. The van der Waals surface area contributed by atoms with Crippen LogP contribution in [0.5, 0.6) is 5.75 Å². The molecule has 5 aromatic rings. The third-order valence-corrected chi connectivity index (χ3v) is 9.86. The first kappa shape index (κ1) is 31.9. The minimum absolute atomic E-state index is 0.195. The summed E-state index contributed by atoms with van der Waals surface area (Å²) in [5.74, 6) is 0.244. The van der Waals surface area contributed by atoms with E-state index in [1.54, 1.807) is 23.6 Å². The second-order valence-corrected chi connectivity index (χ2v) is 13.6. The lowest BCUT2D eigenvalue weighted by atomic mass is 9.93. The van der Waals surface area contributed by atoms with Gasteiger partial charge in [-0.3, -0.25) is 9.36 Å². The molecule has 4 aromatic carbocycles. The summed E-state index contributed by atoms with van der Waals surface area (Å²) in [5, 5.41) is 9.05. The summed E-state index contributed by atoms with van der Waals surface area (Å²) in [7, 11) is 0. The molecule has 46 heavy (non-hydrogen) atoms. The number of aromatic nitrogens is 1. The molecule has 0 unspecified atom stereocenters. The van der Waals surface area contributed by atoms with E-state index in [1.807, 2.05) is 91.0 Å². The van der Waals surface area contributed by atoms with Crippen molar-refractivity contribution in [2.24, 2.45) is 4.99 Å². The number of carbonyl (C=O) groups excluding carboxylic acids is 1. The third kappa shape index (κ3) is 6.58. The number of hydrogen-bond acceptors (Lipinski definition) is 7. The van der Waals surface area contributed by atoms with Crippen LogP contribution in [0.1, 0.15) is 40.8 Å². The Morgan fingerprint density at radius 3 is 2.28 bits per heavy atom. The maximum atomic E-state index is 14.2. The fourth-order valence-electron chi connectivity index (χ4n) is 5.17. The predicted octanol–water partition coefficient (Wildman–Crippen LogP) is 6.60. The number of benzene rings is 4. The summed E-state index contributed by atoms with van der Waals surface area (Å²) in [5.41, 5.74) is 4.54. The fourth-order valence-corrected chi connectivity index (χ4v) is 8.30. The van der Waals surface area contributed by atoms with Crippen molar-refractivity contribution >= 4 is 74.3 Å². The first-order chi connectivity index (χ1) is 22.4. The lowest BCUT2D eigenvalue weighted by Crippen LogP contribution is -2.40. The van der Waals surface area contributed by atoms with Crippen molar-refractivity contribution in [2.75, 3.05) is 6.61 Å². The van der Waals surface area contributed by atoms with Gasteiger partial charge in [0.05, 0.1) is 47.2 Å². The van der Waals surface area contributed by atoms with Crippen LogP contribution >= 0.6 is 56.5 Å². The van der Waals surface area contributed by atoms with E-state index in [1.165, 1.54) is 11.3 Å². The highest BCUT2D eigenvalue weighted by molar-refractivity contribution is 14.1. The van der Waals surface area contributed by atoms with Gasteiger partial charge in [-0.1, -0.05) is 84.1 Å². The third-order valence-electron chi connectivity index (χ3n) is 7.27. The number of halogens is 2. The van der Waals surface area contributed by atoms with Crippen LogP contribution in [0.15, 0.2) is 112 Å². The molecule has 0 amide bonds. The molecule has 0 fully saturated rings. The molecule has 1 aliphatic rings. The molecule has 2 heterocycles. The zero-order chi connectivity index (χ0) is 32.2. The largest absolute Gasteiger partial charge is 0.487 e. The van der Waals surface area contributed by atoms with Crippen molar-refractivity contribution < 1.29 is 14.3 Å². The molecule has 228 valence electrons. The van der Waals surface area contributed by atoms with E-state index in [0.29, 0.717) is 32.8 Å². The van der Waals surface area contributed by atoms with Gasteiger partial charge in [-0.2, -0.15) is 5.26 Å². The number of fused-ring (bicyclic) bond motifs is 1. The molecule has 6 rings (SSSR count). The van der Waals surface area contributed by atoms with Gasteiger partial charge in [-0.05, 0) is 99.1 Å². The van der Waals surface area contributed by atoms with Crippen LogP contribution in [0, 0.1) is 18.5 Å². The lowest BCUT2D eigenvalue weighted by Gasteiger charge is -2.25. The summed E-state index contributed by atoms with van der Waals surface area (Å²) in [6.07, 6.45) is 1.86. The van der Waals surface area contributed by atoms with Crippen LogP contribution in [0.3, 0.4) is 0 Å². The number of esters is 1. The van der Waals surface area contributed by atoms with Crippen LogP contribution in [0.2, 0.25) is 0 Å². The highest BCUT2D eigenvalue weighted by Gasteiger charge is 2.35. The van der Waals surface area contributed by atoms with E-state index in [9.17, 15) is 9.59 Å². The Balaban J connectivity index is 1.44. The highest BCUT2D eigenvalue weighted by Crippen LogP contribution is 2.35. The summed E-state index contributed by atoms with van der Waals surface area (Å²) in [4.78, 5) is 33.2. The quantitative estimate of drug-likeness (QED) is 0.130. The second kappa shape index (κ2) is 14.1. The van der Waals surface area contributed by atoms with Crippen molar-refractivity contribution in [3.05, 3.63) is 157 Å². The molecule has 0 radical (unpaired) electrons. The van der Waals surface area contributed by atoms with Gasteiger partial charge in [0.25, 0.3) is 5.56 Å². The normalized spacial score (nSPS) is 14.3. The van der Waals surface area contributed by atoms with Crippen LogP contribution in [0.4, 0.5) is 0 Å². The molecule has 0 spiro atoms. The Hall–Kier alpha value is -4.06. The van der Waals surface area contributed by atoms with E-state index >= 15 is 0 Å². The molecule has 10 heteroatoms. The average Bonchev–Trinajstić information content (AvgIpc) is 3.38. The van der Waals surface area contributed by atoms with Gasteiger partial charge < -0.3 is 9.47 Å². The van der Waals surface area contributed by atoms with E-state index in [4.69, 9.17) is 19.7 Å². The van der Waals surface area contributed by atoms with Gasteiger partial charge in [-0.25, -0.2) is 9.79 Å². The summed E-state index contributed by atoms with van der Waals surface area (Å²) >= 11 is 5.77. The number of thiazole rings is 1. The molecule has 0 saturated heterocycles. The number of rotatable bonds is 8. The molecular weight excluding hydrogens is 824 g/mol. The number of carbonyl (C=O) groups is 1. The van der Waals surface area contributed by atoms with E-state index in [-0.39, 0.29) is 12.2 Å². The molecule has 0 saturated carbocycles. The lowest BCUT2D eigenvalue weighted by molar-refractivity contribution is -0.138. The predicted molar refractivity (Wildman–Crippen MR) is 195 cm³/mol. The minimum Gasteiger partial charge on any atom is -0.487 e. The Morgan fingerprint density at radius 2 is 1.65 bits per heavy atom. The van der Waals surface area contributed by atoms with Gasteiger partial charge in [0.2, 0.25) is 0 Å². The van der Waals surface area contributed by atoms with Gasteiger partial charge >= 0.3 is 5.97 Å². The van der Waals surface area contributed by atoms with Crippen molar-refractivity contribution in [3.63, 3.8) is 0 Å². The Bertz CT molecular complexity index is 2160. The van der Waals surface area contributed by atoms with E-state index < -0.39 is 12.0 Å². The van der Waals surface area contributed by atoms with Crippen LogP contribution in [0.25, 0.3) is 11.8 Å². The SMILES string of the molecule is CCOC(=O)C1=C(c2ccccc2)N=c2s/c(=C\c3cc(I)c(OCc4ccc(C#N)cc4)c(I)c3)c(=O)n2[C@@H]1c1ccccc1. The molecule has 1 atom stereocenters. The Labute approximate surface area is 296 Å². The van der Waals surface area contributed by atoms with Crippen LogP contribution < -0.4 is 19.6 Å². The fraction of sp³-hybridized carbons (Fsp3) is 0.111. The molecule has 0 N–H and O–H groups in total. The molecule has 1 aliphatic heterocycles. The maximum absolute atomic E-state index is 14.2. The molecule has 7 nitrogen and oxygen atoms in total. The zero-order valence-electron chi connectivity index (χ0n) is 24.4. The van der Waals surface area contributed by atoms with Gasteiger partial charge in [0.15, 0.2) is 4.80 Å². The van der Waals surface area contributed by atoms with Crippen molar-refractivity contribution in [3.8, 4) is 11.8 Å². The van der Waals surface area contributed by atoms with Crippen molar-refractivity contribution in [2.45, 2.75) is 19.6 Å². The average molecular weight is 849 g/mol.